The predicted molar refractivity (Wildman–Crippen MR) is 104 cm³/mol. The molecule has 0 unspecified atom stereocenters. The van der Waals surface area contributed by atoms with Crippen molar-refractivity contribution in [3.8, 4) is 5.88 Å². The van der Waals surface area contributed by atoms with Gasteiger partial charge in [0.15, 0.2) is 0 Å². The second-order valence-electron chi connectivity index (χ2n) is 7.13. The zero-order valence-electron chi connectivity index (χ0n) is 16.0. The van der Waals surface area contributed by atoms with Crippen molar-refractivity contribution in [1.82, 2.24) is 25.4 Å². The van der Waals surface area contributed by atoms with Crippen LogP contribution in [0, 0.1) is 6.92 Å². The minimum absolute atomic E-state index is 0.0320. The van der Waals surface area contributed by atoms with Gasteiger partial charge in [-0.1, -0.05) is 12.8 Å². The Bertz CT molecular complexity index is 907. The monoisotopic (exact) mass is 401 g/mol. The molecule has 9 heteroatoms. The second-order valence-corrected chi connectivity index (χ2v) is 8.40. The molecule has 4 rings (SSSR count). The Labute approximate surface area is 167 Å². The van der Waals surface area contributed by atoms with Gasteiger partial charge in [-0.05, 0) is 25.8 Å². The van der Waals surface area contributed by atoms with E-state index in [1.54, 1.807) is 6.07 Å². The number of hydrogen-bond acceptors (Lipinski definition) is 7. The third kappa shape index (κ3) is 3.58. The van der Waals surface area contributed by atoms with E-state index >= 15 is 0 Å². The van der Waals surface area contributed by atoms with Crippen LogP contribution in [0.4, 0.5) is 0 Å². The number of nitrogens with one attached hydrogen (secondary N) is 1. The average Bonchev–Trinajstić information content (AvgIpc) is 3.42. The summed E-state index contributed by atoms with van der Waals surface area (Å²) in [5.74, 6) is -0.0833. The number of carbonyl (C=O) groups is 2. The van der Waals surface area contributed by atoms with Gasteiger partial charge < -0.3 is 15.0 Å². The fourth-order valence-electron chi connectivity index (χ4n) is 3.87. The van der Waals surface area contributed by atoms with Crippen molar-refractivity contribution in [3.05, 3.63) is 32.9 Å². The van der Waals surface area contributed by atoms with Crippen molar-refractivity contribution >= 4 is 23.2 Å². The molecule has 2 amide bonds. The van der Waals surface area contributed by atoms with Crippen LogP contribution in [0.5, 0.6) is 5.88 Å². The van der Waals surface area contributed by atoms with Crippen LogP contribution < -0.4 is 10.1 Å². The van der Waals surface area contributed by atoms with Crippen LogP contribution in [0.1, 0.15) is 62.1 Å². The molecule has 1 saturated carbocycles. The van der Waals surface area contributed by atoms with Crippen molar-refractivity contribution in [2.75, 3.05) is 13.7 Å². The Morgan fingerprint density at radius 3 is 2.82 bits per heavy atom. The zero-order valence-corrected chi connectivity index (χ0v) is 16.8. The molecule has 2 aliphatic rings. The van der Waals surface area contributed by atoms with Crippen LogP contribution >= 0.6 is 11.3 Å². The van der Waals surface area contributed by atoms with Crippen LogP contribution in [0.15, 0.2) is 6.07 Å². The minimum atomic E-state index is -0.305. The quantitative estimate of drug-likeness (QED) is 0.796. The lowest BCUT2D eigenvalue weighted by Gasteiger charge is -2.22. The van der Waals surface area contributed by atoms with Crippen molar-refractivity contribution in [2.45, 2.75) is 51.6 Å². The first-order chi connectivity index (χ1) is 13.6. The van der Waals surface area contributed by atoms with E-state index in [4.69, 9.17) is 4.74 Å². The van der Waals surface area contributed by atoms with Crippen molar-refractivity contribution in [3.63, 3.8) is 0 Å². The normalized spacial score (nSPS) is 16.5. The van der Waals surface area contributed by atoms with E-state index in [1.807, 2.05) is 11.8 Å². The number of fused-ring (bicyclic) bond motifs is 1. The molecule has 1 fully saturated rings. The van der Waals surface area contributed by atoms with Crippen LogP contribution in [0.2, 0.25) is 0 Å². The van der Waals surface area contributed by atoms with Gasteiger partial charge in [0.05, 0.1) is 24.9 Å². The highest BCUT2D eigenvalue weighted by molar-refractivity contribution is 7.11. The number of methoxy groups -OCH3 is 1. The van der Waals surface area contributed by atoms with E-state index in [0.29, 0.717) is 30.8 Å². The summed E-state index contributed by atoms with van der Waals surface area (Å²) in [7, 11) is 1.49. The van der Waals surface area contributed by atoms with Crippen molar-refractivity contribution in [2.24, 2.45) is 0 Å². The summed E-state index contributed by atoms with van der Waals surface area (Å²) in [6.45, 7) is 2.82. The highest BCUT2D eigenvalue weighted by atomic mass is 32.1. The Morgan fingerprint density at radius 2 is 2.14 bits per heavy atom. The lowest BCUT2D eigenvalue weighted by molar-refractivity contribution is 0.0706. The van der Waals surface area contributed by atoms with Gasteiger partial charge in [-0.15, -0.1) is 21.5 Å². The first kappa shape index (κ1) is 18.8. The van der Waals surface area contributed by atoms with Gasteiger partial charge in [0, 0.05) is 19.0 Å². The molecule has 0 bridgehead atoms. The summed E-state index contributed by atoms with van der Waals surface area (Å²) in [5, 5.41) is 12.7. The molecule has 3 heterocycles. The molecule has 0 saturated heterocycles. The summed E-state index contributed by atoms with van der Waals surface area (Å²) < 4.78 is 5.33. The first-order valence-electron chi connectivity index (χ1n) is 9.53. The van der Waals surface area contributed by atoms with Crippen molar-refractivity contribution in [1.29, 1.82) is 0 Å². The van der Waals surface area contributed by atoms with Gasteiger partial charge in [-0.3, -0.25) is 9.59 Å². The number of aryl methyl sites for hydroxylation is 1. The Balaban J connectivity index is 1.48. The summed E-state index contributed by atoms with van der Waals surface area (Å²) in [6, 6.07) is 1.91. The number of nitrogens with zero attached hydrogens (tertiary/aromatic N) is 4. The highest BCUT2D eigenvalue weighted by Crippen LogP contribution is 2.33. The maximum absolute atomic E-state index is 12.9. The highest BCUT2D eigenvalue weighted by Gasteiger charge is 2.36. The SMILES string of the molecule is COc1nc2c(cc1C(=O)NCCc1nnc(C)s1)C(=O)N(C1CCCC1)C2. The molecule has 2 aromatic heterocycles. The molecular formula is C19H23N5O3S. The number of rotatable bonds is 6. The standard InChI is InChI=1S/C19H23N5O3S/c1-11-22-23-16(28-11)7-8-20-17(25)14-9-13-15(21-18(14)27-2)10-24(19(13)26)12-5-3-4-6-12/h9,12H,3-8,10H2,1-2H3,(H,20,25). The van der Waals surface area contributed by atoms with Crippen LogP contribution in [-0.2, 0) is 13.0 Å². The Morgan fingerprint density at radius 1 is 1.36 bits per heavy atom. The smallest absolute Gasteiger partial charge is 0.256 e. The maximum Gasteiger partial charge on any atom is 0.256 e. The van der Waals surface area contributed by atoms with Crippen molar-refractivity contribution < 1.29 is 14.3 Å². The summed E-state index contributed by atoms with van der Waals surface area (Å²) in [5.41, 5.74) is 1.49. The number of aromatic nitrogens is 3. The van der Waals surface area contributed by atoms with Crippen LogP contribution in [0.3, 0.4) is 0 Å². The van der Waals surface area contributed by atoms with E-state index in [-0.39, 0.29) is 29.3 Å². The van der Waals surface area contributed by atoms with E-state index < -0.39 is 0 Å². The molecule has 1 N–H and O–H groups in total. The van der Waals surface area contributed by atoms with E-state index in [2.05, 4.69) is 20.5 Å². The lowest BCUT2D eigenvalue weighted by Crippen LogP contribution is -2.33. The fourth-order valence-corrected chi connectivity index (χ4v) is 4.58. The van der Waals surface area contributed by atoms with Gasteiger partial charge in [0.1, 0.15) is 15.6 Å². The molecule has 8 nitrogen and oxygen atoms in total. The van der Waals surface area contributed by atoms with Gasteiger partial charge in [-0.2, -0.15) is 0 Å². The van der Waals surface area contributed by atoms with E-state index in [9.17, 15) is 9.59 Å². The molecule has 1 aliphatic heterocycles. The topological polar surface area (TPSA) is 97.3 Å². The molecule has 28 heavy (non-hydrogen) atoms. The second kappa shape index (κ2) is 7.83. The summed E-state index contributed by atoms with van der Waals surface area (Å²) >= 11 is 1.51. The minimum Gasteiger partial charge on any atom is -0.480 e. The maximum atomic E-state index is 12.9. The average molecular weight is 401 g/mol. The predicted octanol–water partition coefficient (Wildman–Crippen LogP) is 2.12. The Kier molecular flexibility index (Phi) is 5.25. The summed E-state index contributed by atoms with van der Waals surface area (Å²) in [6.07, 6.45) is 4.99. The van der Waals surface area contributed by atoms with Gasteiger partial charge in [0.25, 0.3) is 11.8 Å². The first-order valence-corrected chi connectivity index (χ1v) is 10.3. The number of hydrogen-bond donors (Lipinski definition) is 1. The molecule has 0 radical (unpaired) electrons. The zero-order chi connectivity index (χ0) is 19.7. The molecule has 0 aromatic carbocycles. The largest absolute Gasteiger partial charge is 0.480 e. The molecule has 1 aliphatic carbocycles. The Hall–Kier alpha value is -2.55. The molecule has 0 atom stereocenters. The third-order valence-electron chi connectivity index (χ3n) is 5.27. The van der Waals surface area contributed by atoms with Gasteiger partial charge >= 0.3 is 0 Å². The fraction of sp³-hybridized carbons (Fsp3) is 0.526. The van der Waals surface area contributed by atoms with E-state index in [0.717, 1.165) is 35.7 Å². The molecule has 148 valence electrons. The van der Waals surface area contributed by atoms with Gasteiger partial charge in [0.2, 0.25) is 5.88 Å². The molecular weight excluding hydrogens is 378 g/mol. The third-order valence-corrected chi connectivity index (χ3v) is 6.17. The number of amides is 2. The number of ether oxygens (including phenoxy) is 1. The van der Waals surface area contributed by atoms with E-state index in [1.165, 1.54) is 18.4 Å². The van der Waals surface area contributed by atoms with Gasteiger partial charge in [-0.25, -0.2) is 4.98 Å². The molecule has 0 spiro atoms. The van der Waals surface area contributed by atoms with Crippen LogP contribution in [-0.4, -0.2) is 51.6 Å². The number of pyridine rings is 1. The number of carbonyl (C=O) groups excluding carboxylic acids is 2. The van der Waals surface area contributed by atoms with Crippen LogP contribution in [0.25, 0.3) is 0 Å². The lowest BCUT2D eigenvalue weighted by atomic mass is 10.1. The molecule has 2 aromatic rings. The summed E-state index contributed by atoms with van der Waals surface area (Å²) in [4.78, 5) is 31.9.